The number of carbonyl (C=O) groups excluding carboxylic acids is 1. The van der Waals surface area contributed by atoms with Crippen molar-refractivity contribution in [2.45, 2.75) is 65.5 Å². The van der Waals surface area contributed by atoms with E-state index in [9.17, 15) is 14.7 Å². The van der Waals surface area contributed by atoms with Crippen molar-refractivity contribution in [2.24, 2.45) is 7.05 Å². The van der Waals surface area contributed by atoms with Gasteiger partial charge in [0, 0.05) is 25.1 Å². The largest absolute Gasteiger partial charge is 0.490 e. The Morgan fingerprint density at radius 2 is 1.97 bits per heavy atom. The zero-order chi connectivity index (χ0) is 22.6. The van der Waals surface area contributed by atoms with Crippen LogP contribution < -0.4 is 15.7 Å². The van der Waals surface area contributed by atoms with Gasteiger partial charge in [-0.15, -0.1) is 5.10 Å². The summed E-state index contributed by atoms with van der Waals surface area (Å²) in [5, 5.41) is 16.1. The number of hydrogen-bond acceptors (Lipinski definition) is 5. The van der Waals surface area contributed by atoms with Crippen molar-refractivity contribution in [3.05, 3.63) is 39.8 Å². The molecule has 2 N–H and O–H groups in total. The van der Waals surface area contributed by atoms with Gasteiger partial charge < -0.3 is 15.2 Å². The SMILES string of the molecule is CCCC(C)Oc1cc(-n2nc(C(C)C)n(C)c2=O)c(F)cc1C(=O)NC(C)CO. The highest BCUT2D eigenvalue weighted by molar-refractivity contribution is 5.97. The van der Waals surface area contributed by atoms with Gasteiger partial charge in [0.2, 0.25) is 0 Å². The summed E-state index contributed by atoms with van der Waals surface area (Å²) in [6.07, 6.45) is 1.39. The molecule has 0 saturated carbocycles. The highest BCUT2D eigenvalue weighted by Crippen LogP contribution is 2.27. The van der Waals surface area contributed by atoms with E-state index in [-0.39, 0.29) is 35.6 Å². The van der Waals surface area contributed by atoms with Gasteiger partial charge in [-0.1, -0.05) is 27.2 Å². The summed E-state index contributed by atoms with van der Waals surface area (Å²) in [6.45, 7) is 9.01. The zero-order valence-corrected chi connectivity index (χ0v) is 18.4. The Morgan fingerprint density at radius 1 is 1.30 bits per heavy atom. The second kappa shape index (κ2) is 9.88. The minimum atomic E-state index is -0.775. The van der Waals surface area contributed by atoms with Crippen LogP contribution in [0.3, 0.4) is 0 Å². The Kier molecular flexibility index (Phi) is 7.77. The fourth-order valence-electron chi connectivity index (χ4n) is 3.12. The molecule has 0 aliphatic carbocycles. The Bertz CT molecular complexity index is 951. The van der Waals surface area contributed by atoms with Crippen LogP contribution in [0, 0.1) is 5.82 Å². The topological polar surface area (TPSA) is 98.4 Å². The Labute approximate surface area is 175 Å². The molecule has 2 unspecified atom stereocenters. The number of nitrogens with one attached hydrogen (secondary N) is 1. The molecule has 166 valence electrons. The summed E-state index contributed by atoms with van der Waals surface area (Å²) in [5.74, 6) is -0.712. The first-order valence-corrected chi connectivity index (χ1v) is 10.2. The molecule has 0 bridgehead atoms. The van der Waals surface area contributed by atoms with Crippen LogP contribution in [0.4, 0.5) is 4.39 Å². The maximum atomic E-state index is 15.0. The van der Waals surface area contributed by atoms with Gasteiger partial charge in [0.25, 0.3) is 5.91 Å². The molecule has 2 aromatic rings. The lowest BCUT2D eigenvalue weighted by atomic mass is 10.1. The lowest BCUT2D eigenvalue weighted by Crippen LogP contribution is -2.35. The molecular formula is C21H31FN4O4. The third kappa shape index (κ3) is 5.08. The maximum absolute atomic E-state index is 15.0. The average molecular weight is 423 g/mol. The number of amides is 1. The van der Waals surface area contributed by atoms with Crippen molar-refractivity contribution in [3.63, 3.8) is 0 Å². The molecule has 1 heterocycles. The quantitative estimate of drug-likeness (QED) is 0.647. The highest BCUT2D eigenvalue weighted by atomic mass is 19.1. The molecule has 9 heteroatoms. The summed E-state index contributed by atoms with van der Waals surface area (Å²) >= 11 is 0. The van der Waals surface area contributed by atoms with Crippen LogP contribution in [-0.4, -0.2) is 44.1 Å². The number of aromatic nitrogens is 3. The number of nitrogens with zero attached hydrogens (tertiary/aromatic N) is 3. The molecular weight excluding hydrogens is 391 g/mol. The monoisotopic (exact) mass is 422 g/mol. The number of hydrogen-bond donors (Lipinski definition) is 2. The molecule has 0 aliphatic heterocycles. The van der Waals surface area contributed by atoms with Crippen LogP contribution in [0.5, 0.6) is 5.75 Å². The number of benzene rings is 1. The predicted molar refractivity (Wildman–Crippen MR) is 112 cm³/mol. The molecule has 0 spiro atoms. The molecule has 30 heavy (non-hydrogen) atoms. The normalized spacial score (nSPS) is 13.4. The standard InChI is InChI=1S/C21H31FN4O4/c1-7-8-14(5)30-18-10-17(26-21(29)25(6)19(24-26)12(2)3)16(22)9-15(18)20(28)23-13(4)11-27/h9-10,12-14,27H,7-8,11H2,1-6H3,(H,23,28). The number of rotatable bonds is 9. The van der Waals surface area contributed by atoms with E-state index in [2.05, 4.69) is 10.4 Å². The van der Waals surface area contributed by atoms with Crippen molar-refractivity contribution < 1.29 is 19.0 Å². The van der Waals surface area contributed by atoms with Crippen LogP contribution in [0.25, 0.3) is 5.69 Å². The van der Waals surface area contributed by atoms with Gasteiger partial charge in [-0.25, -0.2) is 9.18 Å². The number of carbonyl (C=O) groups is 1. The molecule has 1 aromatic heterocycles. The van der Waals surface area contributed by atoms with E-state index in [0.29, 0.717) is 5.82 Å². The Balaban J connectivity index is 2.60. The summed E-state index contributed by atoms with van der Waals surface area (Å²) in [7, 11) is 1.58. The van der Waals surface area contributed by atoms with Crippen molar-refractivity contribution in [3.8, 4) is 11.4 Å². The van der Waals surface area contributed by atoms with E-state index in [4.69, 9.17) is 4.74 Å². The second-order valence-electron chi connectivity index (χ2n) is 7.84. The highest BCUT2D eigenvalue weighted by Gasteiger charge is 2.23. The van der Waals surface area contributed by atoms with Crippen LogP contribution >= 0.6 is 0 Å². The molecule has 0 aliphatic rings. The average Bonchev–Trinajstić information content (AvgIpc) is 2.98. The molecule has 2 atom stereocenters. The van der Waals surface area contributed by atoms with Crippen LogP contribution in [0.2, 0.25) is 0 Å². The van der Waals surface area contributed by atoms with E-state index in [0.717, 1.165) is 23.6 Å². The fraction of sp³-hybridized carbons (Fsp3) is 0.571. The Morgan fingerprint density at radius 3 is 2.50 bits per heavy atom. The van der Waals surface area contributed by atoms with Crippen LogP contribution in [-0.2, 0) is 7.05 Å². The lowest BCUT2D eigenvalue weighted by Gasteiger charge is -2.19. The predicted octanol–water partition coefficient (Wildman–Crippen LogP) is 2.51. The van der Waals surface area contributed by atoms with Gasteiger partial charge in [0.15, 0.2) is 0 Å². The molecule has 0 fully saturated rings. The second-order valence-corrected chi connectivity index (χ2v) is 7.84. The molecule has 8 nitrogen and oxygen atoms in total. The summed E-state index contributed by atoms with van der Waals surface area (Å²) < 4.78 is 23.3. The molecule has 1 amide bonds. The molecule has 2 rings (SSSR count). The van der Waals surface area contributed by atoms with E-state index in [1.165, 1.54) is 10.6 Å². The van der Waals surface area contributed by atoms with E-state index < -0.39 is 23.5 Å². The van der Waals surface area contributed by atoms with Crippen LogP contribution in [0.15, 0.2) is 16.9 Å². The minimum absolute atomic E-state index is 0.00688. The zero-order valence-electron chi connectivity index (χ0n) is 18.4. The first-order chi connectivity index (χ1) is 14.1. The molecule has 0 saturated heterocycles. The first-order valence-electron chi connectivity index (χ1n) is 10.2. The van der Waals surface area contributed by atoms with E-state index in [1.807, 2.05) is 27.7 Å². The van der Waals surface area contributed by atoms with Crippen molar-refractivity contribution in [2.75, 3.05) is 6.61 Å². The molecule has 1 aromatic carbocycles. The third-order valence-corrected chi connectivity index (χ3v) is 4.73. The minimum Gasteiger partial charge on any atom is -0.490 e. The maximum Gasteiger partial charge on any atom is 0.350 e. The van der Waals surface area contributed by atoms with E-state index in [1.54, 1.807) is 14.0 Å². The summed E-state index contributed by atoms with van der Waals surface area (Å²) in [6, 6.07) is 1.87. The van der Waals surface area contributed by atoms with Crippen molar-refractivity contribution >= 4 is 5.91 Å². The third-order valence-electron chi connectivity index (χ3n) is 4.73. The van der Waals surface area contributed by atoms with Crippen LogP contribution in [0.1, 0.15) is 69.6 Å². The number of halogens is 1. The van der Waals surface area contributed by atoms with Gasteiger partial charge in [-0.05, 0) is 26.3 Å². The number of aliphatic hydroxyl groups is 1. The number of aliphatic hydroxyl groups excluding tert-OH is 1. The van der Waals surface area contributed by atoms with Crippen molar-refractivity contribution in [1.29, 1.82) is 0 Å². The van der Waals surface area contributed by atoms with Gasteiger partial charge in [0.1, 0.15) is 23.1 Å². The fourth-order valence-corrected chi connectivity index (χ4v) is 3.12. The van der Waals surface area contributed by atoms with Gasteiger partial charge >= 0.3 is 5.69 Å². The summed E-state index contributed by atoms with van der Waals surface area (Å²) in [4.78, 5) is 25.3. The summed E-state index contributed by atoms with van der Waals surface area (Å²) in [5.41, 5.74) is -0.586. The first kappa shape index (κ1) is 23.6. The number of ether oxygens (including phenoxy) is 1. The molecule has 0 radical (unpaired) electrons. The van der Waals surface area contributed by atoms with E-state index >= 15 is 4.39 Å². The smallest absolute Gasteiger partial charge is 0.350 e. The lowest BCUT2D eigenvalue weighted by molar-refractivity contribution is 0.0914. The van der Waals surface area contributed by atoms with Gasteiger partial charge in [0.05, 0.1) is 18.3 Å². The van der Waals surface area contributed by atoms with Gasteiger partial charge in [-0.3, -0.25) is 9.36 Å². The van der Waals surface area contributed by atoms with Gasteiger partial charge in [-0.2, -0.15) is 4.68 Å². The van der Waals surface area contributed by atoms with Crippen molar-refractivity contribution in [1.82, 2.24) is 19.7 Å². The Hall–Kier alpha value is -2.68.